The number of rotatable bonds is 5. The summed E-state index contributed by atoms with van der Waals surface area (Å²) in [5, 5.41) is 22.2. The van der Waals surface area contributed by atoms with Gasteiger partial charge in [0.1, 0.15) is 0 Å². The molecule has 0 saturated heterocycles. The van der Waals surface area contributed by atoms with E-state index in [2.05, 4.69) is 48.1 Å². The van der Waals surface area contributed by atoms with Crippen molar-refractivity contribution in [3.8, 4) is 0 Å². The average Bonchev–Trinajstić information content (AvgIpc) is 3.06. The highest BCUT2D eigenvalue weighted by Gasteiger charge is 2.64. The Balaban J connectivity index is 1.55. The van der Waals surface area contributed by atoms with Crippen molar-refractivity contribution in [3.05, 3.63) is 12.2 Å². The molecule has 2 N–H and O–H groups in total. The van der Waals surface area contributed by atoms with Gasteiger partial charge in [0.2, 0.25) is 0 Å². The fourth-order valence-electron chi connectivity index (χ4n) is 9.70. The molecule has 0 heterocycles. The number of allylic oxidation sites excluding steroid dienone is 1. The molecule has 0 aromatic carbocycles. The third-order valence-electron chi connectivity index (χ3n) is 11.4. The third kappa shape index (κ3) is 3.65. The third-order valence-corrected chi connectivity index (χ3v) is 11.4. The fraction of sp³-hybridized carbons (Fsp3) is 0.897. The molecule has 4 saturated carbocycles. The smallest absolute Gasteiger partial charge is 0.158 e. The van der Waals surface area contributed by atoms with E-state index in [-0.39, 0.29) is 34.7 Å². The van der Waals surface area contributed by atoms with Crippen molar-refractivity contribution < 1.29 is 15.0 Å². The summed E-state index contributed by atoms with van der Waals surface area (Å²) in [5.41, 5.74) is 1.04. The zero-order chi connectivity index (χ0) is 23.6. The molecule has 182 valence electrons. The molecule has 4 aliphatic rings. The predicted octanol–water partition coefficient (Wildman–Crippen LogP) is 6.03. The molecule has 32 heavy (non-hydrogen) atoms. The lowest BCUT2D eigenvalue weighted by molar-refractivity contribution is -0.192. The van der Waals surface area contributed by atoms with E-state index < -0.39 is 0 Å². The largest absolute Gasteiger partial charge is 0.393 e. The van der Waals surface area contributed by atoms with Crippen LogP contribution in [0.15, 0.2) is 12.2 Å². The van der Waals surface area contributed by atoms with Crippen molar-refractivity contribution >= 4 is 5.78 Å². The summed E-state index contributed by atoms with van der Waals surface area (Å²) in [6.07, 6.45) is 7.81. The summed E-state index contributed by atoms with van der Waals surface area (Å²) in [7, 11) is 0. The summed E-state index contributed by atoms with van der Waals surface area (Å²) >= 11 is 0. The first-order chi connectivity index (χ1) is 14.9. The monoisotopic (exact) mass is 444 g/mol. The SMILES string of the molecule is C=C(C(=O)C[C@@H](C)[C@H]1CC[C@H]2[C@@H]3CC[C@H]4[C@H](C)[C@@H](O)CC[C@]4(C)[C@H]3[C@@H](O)C[C@]12C)C(C)C. The van der Waals surface area contributed by atoms with Gasteiger partial charge in [-0.25, -0.2) is 0 Å². The lowest BCUT2D eigenvalue weighted by Crippen LogP contribution is -2.60. The van der Waals surface area contributed by atoms with Crippen LogP contribution in [0.25, 0.3) is 0 Å². The molecule has 0 aromatic rings. The van der Waals surface area contributed by atoms with Crippen molar-refractivity contribution in [2.24, 2.45) is 58.2 Å². The molecular weight excluding hydrogens is 396 g/mol. The molecule has 4 aliphatic carbocycles. The lowest BCUT2D eigenvalue weighted by Gasteiger charge is -2.63. The van der Waals surface area contributed by atoms with Crippen LogP contribution in [0.3, 0.4) is 0 Å². The minimum absolute atomic E-state index is 0.127. The molecule has 4 rings (SSSR count). The number of Topliss-reactive ketones (excluding diaryl/α,β-unsaturated/α-hetero) is 1. The summed E-state index contributed by atoms with van der Waals surface area (Å²) in [6.45, 7) is 17.5. The van der Waals surface area contributed by atoms with Gasteiger partial charge >= 0.3 is 0 Å². The van der Waals surface area contributed by atoms with E-state index in [4.69, 9.17) is 0 Å². The van der Waals surface area contributed by atoms with Crippen molar-refractivity contribution in [2.45, 2.75) is 105 Å². The van der Waals surface area contributed by atoms with Gasteiger partial charge < -0.3 is 10.2 Å². The zero-order valence-electron chi connectivity index (χ0n) is 21.4. The number of carbonyl (C=O) groups is 1. The molecule has 0 amide bonds. The average molecular weight is 445 g/mol. The summed E-state index contributed by atoms with van der Waals surface area (Å²) in [5.74, 6) is 3.78. The number of hydrogen-bond donors (Lipinski definition) is 2. The first kappa shape index (κ1) is 24.5. The highest BCUT2D eigenvalue weighted by Crippen LogP contribution is 2.68. The fourth-order valence-corrected chi connectivity index (χ4v) is 9.70. The highest BCUT2D eigenvalue weighted by atomic mass is 16.3. The molecule has 0 unspecified atom stereocenters. The van der Waals surface area contributed by atoms with Crippen LogP contribution >= 0.6 is 0 Å². The van der Waals surface area contributed by atoms with E-state index >= 15 is 0 Å². The van der Waals surface area contributed by atoms with Gasteiger partial charge in [0.25, 0.3) is 0 Å². The van der Waals surface area contributed by atoms with Crippen LogP contribution in [-0.4, -0.2) is 28.2 Å². The lowest BCUT2D eigenvalue weighted by atomic mass is 9.42. The number of fused-ring (bicyclic) bond motifs is 5. The second-order valence-corrected chi connectivity index (χ2v) is 13.2. The minimum Gasteiger partial charge on any atom is -0.393 e. The molecule has 3 nitrogen and oxygen atoms in total. The summed E-state index contributed by atoms with van der Waals surface area (Å²) < 4.78 is 0. The van der Waals surface area contributed by atoms with Crippen LogP contribution in [0.5, 0.6) is 0 Å². The van der Waals surface area contributed by atoms with E-state index in [1.54, 1.807) is 0 Å². The number of hydrogen-bond acceptors (Lipinski definition) is 3. The first-order valence-electron chi connectivity index (χ1n) is 13.5. The Bertz CT molecular complexity index is 743. The molecule has 0 spiro atoms. The molecule has 11 atom stereocenters. The van der Waals surface area contributed by atoms with Gasteiger partial charge in [0, 0.05) is 6.42 Å². The normalized spacial score (nSPS) is 49.2. The van der Waals surface area contributed by atoms with E-state index in [0.29, 0.717) is 47.8 Å². The van der Waals surface area contributed by atoms with Gasteiger partial charge in [0.15, 0.2) is 5.78 Å². The van der Waals surface area contributed by atoms with E-state index in [1.165, 1.54) is 25.7 Å². The maximum Gasteiger partial charge on any atom is 0.158 e. The molecule has 0 aromatic heterocycles. The van der Waals surface area contributed by atoms with Crippen LogP contribution in [0, 0.1) is 58.2 Å². The molecule has 0 radical (unpaired) electrons. The number of carbonyl (C=O) groups excluding carboxylic acids is 1. The van der Waals surface area contributed by atoms with Gasteiger partial charge in [-0.2, -0.15) is 0 Å². The highest BCUT2D eigenvalue weighted by molar-refractivity contribution is 5.95. The molecule has 0 bridgehead atoms. The van der Waals surface area contributed by atoms with Crippen molar-refractivity contribution in [1.82, 2.24) is 0 Å². The maximum atomic E-state index is 12.8. The Morgan fingerprint density at radius 1 is 0.969 bits per heavy atom. The quantitative estimate of drug-likeness (QED) is 0.509. The van der Waals surface area contributed by atoms with Gasteiger partial charge in [-0.15, -0.1) is 0 Å². The van der Waals surface area contributed by atoms with Crippen molar-refractivity contribution in [1.29, 1.82) is 0 Å². The standard InChI is InChI=1S/C29H48O3/c1-16(2)18(4)25(31)14-17(3)21-10-11-23-20-8-9-22-19(5)24(30)12-13-28(22,6)27(20)26(32)15-29(21,23)7/h16-17,19-24,26-27,30,32H,4,8-15H2,1-3,5-7H3/t17-,19+,20+,21-,22+,23+,24+,26+,27-,28+,29-/m1/s1. The van der Waals surface area contributed by atoms with Crippen LogP contribution < -0.4 is 0 Å². The molecule has 4 fully saturated rings. The van der Waals surface area contributed by atoms with E-state index in [0.717, 1.165) is 24.8 Å². The van der Waals surface area contributed by atoms with Gasteiger partial charge in [0.05, 0.1) is 12.2 Å². The van der Waals surface area contributed by atoms with Crippen LogP contribution in [-0.2, 0) is 4.79 Å². The van der Waals surface area contributed by atoms with Crippen LogP contribution in [0.2, 0.25) is 0 Å². The minimum atomic E-state index is -0.259. The van der Waals surface area contributed by atoms with Crippen molar-refractivity contribution in [3.63, 3.8) is 0 Å². The van der Waals surface area contributed by atoms with Gasteiger partial charge in [-0.1, -0.05) is 48.1 Å². The second-order valence-electron chi connectivity index (χ2n) is 13.2. The zero-order valence-corrected chi connectivity index (χ0v) is 21.4. The number of ketones is 1. The topological polar surface area (TPSA) is 57.5 Å². The predicted molar refractivity (Wildman–Crippen MR) is 130 cm³/mol. The molecule has 3 heteroatoms. The number of aliphatic hydroxyl groups excluding tert-OH is 2. The van der Waals surface area contributed by atoms with E-state index in [9.17, 15) is 15.0 Å². The number of aliphatic hydroxyl groups is 2. The van der Waals surface area contributed by atoms with Gasteiger partial charge in [-0.3, -0.25) is 4.79 Å². The maximum absolute atomic E-state index is 12.8. The Morgan fingerprint density at radius 3 is 2.28 bits per heavy atom. The first-order valence-corrected chi connectivity index (χ1v) is 13.5. The van der Waals surface area contributed by atoms with Gasteiger partial charge in [-0.05, 0) is 109 Å². The van der Waals surface area contributed by atoms with Crippen molar-refractivity contribution in [2.75, 3.05) is 0 Å². The molecule has 0 aliphatic heterocycles. The summed E-state index contributed by atoms with van der Waals surface area (Å²) in [6, 6.07) is 0. The van der Waals surface area contributed by atoms with Crippen LogP contribution in [0.1, 0.15) is 92.9 Å². The summed E-state index contributed by atoms with van der Waals surface area (Å²) in [4.78, 5) is 12.8. The molecular formula is C29H48O3. The van der Waals surface area contributed by atoms with E-state index in [1.807, 2.05) is 0 Å². The Labute approximate surface area is 196 Å². The Hall–Kier alpha value is -0.670. The Kier molecular flexibility index (Phi) is 6.51. The Morgan fingerprint density at radius 2 is 1.62 bits per heavy atom. The second kappa shape index (κ2) is 8.52. The van der Waals surface area contributed by atoms with Crippen LogP contribution in [0.4, 0.5) is 0 Å².